The van der Waals surface area contributed by atoms with Gasteiger partial charge >= 0.3 is 12.1 Å². The molecule has 38 heavy (non-hydrogen) atoms. The minimum atomic E-state index is -4.79. The van der Waals surface area contributed by atoms with Gasteiger partial charge in [0.15, 0.2) is 0 Å². The highest BCUT2D eigenvalue weighted by Crippen LogP contribution is 2.38. The van der Waals surface area contributed by atoms with Crippen LogP contribution in [0.5, 0.6) is 0 Å². The van der Waals surface area contributed by atoms with Crippen LogP contribution in [0.4, 0.5) is 13.2 Å². The number of fused-ring (bicyclic) bond motifs is 1. The molecule has 5 rings (SSSR count). The van der Waals surface area contributed by atoms with E-state index in [4.69, 9.17) is 0 Å². The van der Waals surface area contributed by atoms with Crippen LogP contribution >= 0.6 is 0 Å². The summed E-state index contributed by atoms with van der Waals surface area (Å²) < 4.78 is 72.1. The molecule has 0 amide bonds. The molecule has 3 heterocycles. The van der Waals surface area contributed by atoms with Crippen LogP contribution in [0, 0.1) is 11.3 Å². The lowest BCUT2D eigenvalue weighted by molar-refractivity contribution is -0.159. The maximum Gasteiger partial charge on any atom is 0.471 e. The molecule has 1 saturated carbocycles. The van der Waals surface area contributed by atoms with Crippen molar-refractivity contribution in [1.82, 2.24) is 29.5 Å². The van der Waals surface area contributed by atoms with Crippen LogP contribution in [-0.4, -0.2) is 56.5 Å². The fraction of sp³-hybridized carbons (Fsp3) is 0.500. The van der Waals surface area contributed by atoms with E-state index in [1.165, 1.54) is 4.31 Å². The fourth-order valence-electron chi connectivity index (χ4n) is 4.57. The number of benzene rings is 1. The Labute approximate surface area is 217 Å². The van der Waals surface area contributed by atoms with Crippen LogP contribution < -0.4 is 5.32 Å². The third-order valence-electron chi connectivity index (χ3n) is 6.95. The van der Waals surface area contributed by atoms with E-state index in [1.807, 2.05) is 12.1 Å². The van der Waals surface area contributed by atoms with Gasteiger partial charge < -0.3 is 4.52 Å². The second kappa shape index (κ2) is 9.18. The third-order valence-corrected chi connectivity index (χ3v) is 9.19. The van der Waals surface area contributed by atoms with Crippen molar-refractivity contribution in [3.05, 3.63) is 35.2 Å². The van der Waals surface area contributed by atoms with E-state index in [9.17, 15) is 26.9 Å². The Morgan fingerprint density at radius 1 is 1.29 bits per heavy atom. The molecule has 0 unspecified atom stereocenters. The summed E-state index contributed by atoms with van der Waals surface area (Å²) in [7, 11) is -1.74. The van der Waals surface area contributed by atoms with Gasteiger partial charge in [0.2, 0.25) is 15.8 Å². The minimum Gasteiger partial charge on any atom is -0.329 e. The molecule has 2 aromatic heterocycles. The Balaban J connectivity index is 1.60. The Kier molecular flexibility index (Phi) is 6.36. The molecule has 0 bridgehead atoms. The lowest BCUT2D eigenvalue weighted by Crippen LogP contribution is -2.39. The molecule has 1 N–H and O–H groups in total. The zero-order valence-corrected chi connectivity index (χ0v) is 21.8. The van der Waals surface area contributed by atoms with Crippen LogP contribution in [0.3, 0.4) is 0 Å². The highest BCUT2D eigenvalue weighted by molar-refractivity contribution is 7.89. The number of nitriles is 1. The van der Waals surface area contributed by atoms with Gasteiger partial charge in [0.05, 0.1) is 16.8 Å². The summed E-state index contributed by atoms with van der Waals surface area (Å²) in [5.74, 6) is -1.75. The van der Waals surface area contributed by atoms with Crippen LogP contribution in [0.2, 0.25) is 0 Å². The molecule has 202 valence electrons. The number of hydrogen-bond donors (Lipinski definition) is 1. The molecule has 3 aromatic rings. The first-order valence-electron chi connectivity index (χ1n) is 12.1. The van der Waals surface area contributed by atoms with Gasteiger partial charge in [0.25, 0.3) is 0 Å². The number of nitrogens with zero attached hydrogens (tertiary/aromatic N) is 6. The Morgan fingerprint density at radius 2 is 2.03 bits per heavy atom. The Hall–Kier alpha value is -3.28. The van der Waals surface area contributed by atoms with E-state index < -0.39 is 32.9 Å². The van der Waals surface area contributed by atoms with Crippen molar-refractivity contribution < 1.29 is 26.1 Å². The number of halogens is 3. The Bertz CT molecular complexity index is 1580. The molecule has 10 nitrogen and oxygen atoms in total. The van der Waals surface area contributed by atoms with E-state index in [2.05, 4.69) is 31.1 Å². The van der Waals surface area contributed by atoms with Crippen molar-refractivity contribution >= 4 is 26.5 Å². The van der Waals surface area contributed by atoms with Crippen molar-refractivity contribution in [3.63, 3.8) is 0 Å². The molecular formula is C24H26F3N7O3S. The van der Waals surface area contributed by atoms with Crippen molar-refractivity contribution in [3.8, 4) is 17.6 Å². The van der Waals surface area contributed by atoms with Crippen molar-refractivity contribution in [2.24, 2.45) is 7.05 Å². The minimum absolute atomic E-state index is 0.131. The first kappa shape index (κ1) is 26.3. The van der Waals surface area contributed by atoms with Gasteiger partial charge in [-0.15, -0.1) is 0 Å². The summed E-state index contributed by atoms with van der Waals surface area (Å²) in [5, 5.41) is 20.7. The number of hydrogen-bond acceptors (Lipinski definition) is 8. The van der Waals surface area contributed by atoms with Gasteiger partial charge in [0, 0.05) is 37.6 Å². The summed E-state index contributed by atoms with van der Waals surface area (Å²) >= 11 is 0. The molecule has 0 atom stereocenters. The van der Waals surface area contributed by atoms with Crippen LogP contribution in [0.1, 0.15) is 50.1 Å². The largest absolute Gasteiger partial charge is 0.471 e. The fourth-order valence-corrected chi connectivity index (χ4v) is 5.80. The molecule has 0 radical (unpaired) electrons. The monoisotopic (exact) mass is 549 g/mol. The van der Waals surface area contributed by atoms with Crippen LogP contribution in [-0.2, 0) is 29.8 Å². The lowest BCUT2D eigenvalue weighted by Gasteiger charge is -2.28. The summed E-state index contributed by atoms with van der Waals surface area (Å²) in [6.45, 7) is 4.15. The van der Waals surface area contributed by atoms with Gasteiger partial charge in [-0.3, -0.25) is 10.00 Å². The molecule has 1 aromatic carbocycles. The number of aromatic nitrogens is 4. The third kappa shape index (κ3) is 4.70. The topological polar surface area (TPSA) is 130 Å². The SMILES string of the molecule is CC(C)S(=O)(=O)N1CC=C(c2cc(CNC3(C#N)CC3)cc3c(-c4noc(C(F)(F)F)n4)nn(C)c23)CC1. The maximum absolute atomic E-state index is 13.1. The van der Waals surface area contributed by atoms with Gasteiger partial charge in [-0.2, -0.15) is 32.8 Å². The Morgan fingerprint density at radius 3 is 2.58 bits per heavy atom. The molecule has 1 aliphatic carbocycles. The lowest BCUT2D eigenvalue weighted by atomic mass is 9.95. The molecular weight excluding hydrogens is 523 g/mol. The maximum atomic E-state index is 13.1. The number of aryl methyl sites for hydroxylation is 1. The summed E-state index contributed by atoms with van der Waals surface area (Å²) in [6, 6.07) is 6.03. The predicted octanol–water partition coefficient (Wildman–Crippen LogP) is 3.62. The summed E-state index contributed by atoms with van der Waals surface area (Å²) in [6.07, 6.45) is -1.01. The summed E-state index contributed by atoms with van der Waals surface area (Å²) in [4.78, 5) is 3.52. The smallest absolute Gasteiger partial charge is 0.329 e. The first-order valence-corrected chi connectivity index (χ1v) is 13.6. The first-order chi connectivity index (χ1) is 17.8. The van der Waals surface area contributed by atoms with Gasteiger partial charge in [-0.05, 0) is 56.4 Å². The van der Waals surface area contributed by atoms with E-state index in [0.29, 0.717) is 30.4 Å². The molecule has 14 heteroatoms. The predicted molar refractivity (Wildman–Crippen MR) is 132 cm³/mol. The normalized spacial score (nSPS) is 18.1. The number of nitrogens with one attached hydrogen (secondary N) is 1. The van der Waals surface area contributed by atoms with Crippen molar-refractivity contribution in [2.75, 3.05) is 13.1 Å². The average Bonchev–Trinajstić information content (AvgIpc) is 3.33. The van der Waals surface area contributed by atoms with Crippen LogP contribution in [0.25, 0.3) is 28.0 Å². The van der Waals surface area contributed by atoms with E-state index in [-0.39, 0.29) is 18.1 Å². The number of rotatable bonds is 7. The molecule has 1 fully saturated rings. The van der Waals surface area contributed by atoms with E-state index in [1.54, 1.807) is 31.6 Å². The van der Waals surface area contributed by atoms with E-state index in [0.717, 1.165) is 29.5 Å². The zero-order valence-electron chi connectivity index (χ0n) is 21.0. The number of sulfonamides is 1. The van der Waals surface area contributed by atoms with Crippen LogP contribution in [0.15, 0.2) is 22.7 Å². The summed E-state index contributed by atoms with van der Waals surface area (Å²) in [5.41, 5.74) is 2.68. The average molecular weight is 550 g/mol. The van der Waals surface area contributed by atoms with Gasteiger partial charge in [-0.1, -0.05) is 11.2 Å². The highest BCUT2D eigenvalue weighted by atomic mass is 32.2. The van der Waals surface area contributed by atoms with E-state index >= 15 is 0 Å². The zero-order chi connectivity index (χ0) is 27.5. The van der Waals surface area contributed by atoms with Crippen molar-refractivity contribution in [1.29, 1.82) is 5.26 Å². The molecule has 1 aliphatic heterocycles. The quantitative estimate of drug-likeness (QED) is 0.473. The van der Waals surface area contributed by atoms with Gasteiger partial charge in [0.1, 0.15) is 11.2 Å². The second-order valence-electron chi connectivity index (χ2n) is 9.91. The van der Waals surface area contributed by atoms with Crippen molar-refractivity contribution in [2.45, 2.75) is 56.6 Å². The molecule has 0 saturated heterocycles. The highest BCUT2D eigenvalue weighted by Gasteiger charge is 2.42. The van der Waals surface area contributed by atoms with Gasteiger partial charge in [-0.25, -0.2) is 8.42 Å². The second-order valence-corrected chi connectivity index (χ2v) is 12.4. The standard InChI is InChI=1S/C24H26F3N7O3S/c1-14(2)38(35,36)34-8-4-16(5-9-34)17-10-15(12-29-23(13-28)6-7-23)11-18-19(31-33(3)20(17)18)21-30-22(37-32-21)24(25,26)27/h4,10-11,14,29H,5-9,12H2,1-3H3. The molecule has 2 aliphatic rings. The molecule has 0 spiro atoms. The number of alkyl halides is 3.